The Kier molecular flexibility index (Phi) is 5.54. The van der Waals surface area contributed by atoms with E-state index in [2.05, 4.69) is 34.9 Å². The second-order valence-corrected chi connectivity index (χ2v) is 8.91. The van der Waals surface area contributed by atoms with E-state index in [-0.39, 0.29) is 31.1 Å². The van der Waals surface area contributed by atoms with Crippen LogP contribution in [0.2, 0.25) is 0 Å². The molecule has 0 spiro atoms. The fraction of sp³-hybridized carbons (Fsp3) is 0.400. The average Bonchev–Trinajstić information content (AvgIpc) is 3.31. The third-order valence-corrected chi connectivity index (χ3v) is 6.74. The van der Waals surface area contributed by atoms with Crippen molar-refractivity contribution in [3.05, 3.63) is 59.7 Å². The molecule has 2 aromatic rings. The van der Waals surface area contributed by atoms with Gasteiger partial charge in [-0.1, -0.05) is 48.5 Å². The van der Waals surface area contributed by atoms with Gasteiger partial charge in [-0.05, 0) is 47.9 Å². The highest BCUT2D eigenvalue weighted by Crippen LogP contribution is 2.44. The maximum atomic E-state index is 12.7. The summed E-state index contributed by atoms with van der Waals surface area (Å²) in [5.74, 6) is -1.33. The van der Waals surface area contributed by atoms with E-state index in [1.165, 1.54) is 0 Å². The molecule has 33 heavy (non-hydrogen) atoms. The standard InChI is InChI=1S/C25H26N2O6/c28-22(29)21-10-9-15(33-21)13-26-23(30)25(11-12-25)27-24(31)32-14-20-18-7-3-1-5-16(18)17-6-2-4-8-19(17)20/h1-8,15,20-21H,9-14H2,(H,26,30)(H,27,31)(H,28,29). The highest BCUT2D eigenvalue weighted by molar-refractivity contribution is 5.92. The second-order valence-electron chi connectivity index (χ2n) is 8.91. The SMILES string of the molecule is O=C(NC1(C(=O)NCC2CCC(C(=O)O)O2)CC1)OCC1c2ccccc2-c2ccccc21. The number of benzene rings is 2. The predicted octanol–water partition coefficient (Wildman–Crippen LogP) is 2.81. The highest BCUT2D eigenvalue weighted by Gasteiger charge is 2.52. The molecule has 0 radical (unpaired) electrons. The monoisotopic (exact) mass is 450 g/mol. The fourth-order valence-electron chi connectivity index (χ4n) is 4.78. The Morgan fingerprint density at radius 2 is 1.64 bits per heavy atom. The molecule has 2 amide bonds. The summed E-state index contributed by atoms with van der Waals surface area (Å²) in [6.07, 6.45) is 0.301. The smallest absolute Gasteiger partial charge is 0.408 e. The minimum Gasteiger partial charge on any atom is -0.479 e. The van der Waals surface area contributed by atoms with Gasteiger partial charge in [0.15, 0.2) is 6.10 Å². The molecular weight excluding hydrogens is 424 g/mol. The summed E-state index contributed by atoms with van der Waals surface area (Å²) < 4.78 is 11.0. The molecule has 1 saturated heterocycles. The van der Waals surface area contributed by atoms with Crippen LogP contribution < -0.4 is 10.6 Å². The summed E-state index contributed by atoms with van der Waals surface area (Å²) in [6, 6.07) is 16.2. The Morgan fingerprint density at radius 3 is 2.21 bits per heavy atom. The Balaban J connectivity index is 1.15. The molecular formula is C25H26N2O6. The maximum absolute atomic E-state index is 12.7. The summed E-state index contributed by atoms with van der Waals surface area (Å²) >= 11 is 0. The maximum Gasteiger partial charge on any atom is 0.408 e. The molecule has 0 bridgehead atoms. The topological polar surface area (TPSA) is 114 Å². The van der Waals surface area contributed by atoms with Gasteiger partial charge in [0.05, 0.1) is 6.10 Å². The molecule has 1 aliphatic heterocycles. The van der Waals surface area contributed by atoms with Crippen molar-refractivity contribution in [1.82, 2.24) is 10.6 Å². The molecule has 5 rings (SSSR count). The van der Waals surface area contributed by atoms with E-state index in [1.54, 1.807) is 0 Å². The number of fused-ring (bicyclic) bond motifs is 3. The van der Waals surface area contributed by atoms with Gasteiger partial charge in [-0.25, -0.2) is 9.59 Å². The van der Waals surface area contributed by atoms with E-state index >= 15 is 0 Å². The number of nitrogens with one attached hydrogen (secondary N) is 2. The highest BCUT2D eigenvalue weighted by atomic mass is 16.5. The number of carboxylic acids is 1. The molecule has 2 aliphatic carbocycles. The van der Waals surface area contributed by atoms with Crippen LogP contribution in [0.25, 0.3) is 11.1 Å². The number of hydrogen-bond donors (Lipinski definition) is 3. The summed E-state index contributed by atoms with van der Waals surface area (Å²) in [6.45, 7) is 0.404. The van der Waals surface area contributed by atoms with Gasteiger partial charge >= 0.3 is 12.1 Å². The zero-order valence-electron chi connectivity index (χ0n) is 18.1. The lowest BCUT2D eigenvalue weighted by atomic mass is 9.98. The van der Waals surface area contributed by atoms with Crippen LogP contribution in [0, 0.1) is 0 Å². The van der Waals surface area contributed by atoms with Crippen LogP contribution in [0.15, 0.2) is 48.5 Å². The molecule has 8 nitrogen and oxygen atoms in total. The lowest BCUT2D eigenvalue weighted by molar-refractivity contribution is -0.149. The first kappa shape index (κ1) is 21.5. The van der Waals surface area contributed by atoms with E-state index in [0.717, 1.165) is 22.3 Å². The molecule has 3 N–H and O–H groups in total. The third kappa shape index (κ3) is 4.18. The second kappa shape index (κ2) is 8.51. The minimum atomic E-state index is -0.987. The zero-order valence-corrected chi connectivity index (χ0v) is 18.1. The Labute approximate surface area is 191 Å². The van der Waals surface area contributed by atoms with Crippen molar-refractivity contribution in [2.24, 2.45) is 0 Å². The lowest BCUT2D eigenvalue weighted by Crippen LogP contribution is -2.50. The van der Waals surface area contributed by atoms with Gasteiger partial charge in [0.25, 0.3) is 0 Å². The van der Waals surface area contributed by atoms with Gasteiger partial charge in [0, 0.05) is 12.5 Å². The molecule has 2 fully saturated rings. The van der Waals surface area contributed by atoms with E-state index in [0.29, 0.717) is 25.7 Å². The van der Waals surface area contributed by atoms with Crippen LogP contribution in [0.5, 0.6) is 0 Å². The van der Waals surface area contributed by atoms with Crippen molar-refractivity contribution < 1.29 is 29.0 Å². The van der Waals surface area contributed by atoms with Gasteiger partial charge in [-0.2, -0.15) is 0 Å². The van der Waals surface area contributed by atoms with Crippen LogP contribution in [-0.2, 0) is 19.1 Å². The van der Waals surface area contributed by atoms with Crippen molar-refractivity contribution in [2.45, 2.75) is 49.3 Å². The van der Waals surface area contributed by atoms with Crippen LogP contribution in [0.4, 0.5) is 4.79 Å². The number of alkyl carbamates (subject to hydrolysis) is 1. The van der Waals surface area contributed by atoms with Gasteiger partial charge in [0.2, 0.25) is 5.91 Å². The number of rotatable bonds is 7. The van der Waals surface area contributed by atoms with Gasteiger partial charge in [0.1, 0.15) is 12.1 Å². The van der Waals surface area contributed by atoms with E-state index in [1.807, 2.05) is 24.3 Å². The zero-order chi connectivity index (χ0) is 23.0. The summed E-state index contributed by atoms with van der Waals surface area (Å²) in [5, 5.41) is 14.5. The minimum absolute atomic E-state index is 0.0474. The Bertz CT molecular complexity index is 1050. The van der Waals surface area contributed by atoms with Gasteiger partial charge in [-0.15, -0.1) is 0 Å². The average molecular weight is 450 g/mol. The molecule has 2 atom stereocenters. The first-order valence-electron chi connectivity index (χ1n) is 11.3. The summed E-state index contributed by atoms with van der Waals surface area (Å²) in [5.41, 5.74) is 3.59. The number of ether oxygens (including phenoxy) is 2. The van der Waals surface area contributed by atoms with Crippen molar-refractivity contribution in [2.75, 3.05) is 13.2 Å². The van der Waals surface area contributed by atoms with Crippen molar-refractivity contribution >= 4 is 18.0 Å². The van der Waals surface area contributed by atoms with Gasteiger partial charge < -0.3 is 25.2 Å². The number of amides is 2. The third-order valence-electron chi connectivity index (χ3n) is 6.74. The van der Waals surface area contributed by atoms with E-state index in [9.17, 15) is 14.4 Å². The molecule has 1 heterocycles. The van der Waals surface area contributed by atoms with E-state index in [4.69, 9.17) is 14.6 Å². The quantitative estimate of drug-likeness (QED) is 0.598. The molecule has 172 valence electrons. The molecule has 0 aromatic heterocycles. The molecule has 2 aromatic carbocycles. The summed E-state index contributed by atoms with van der Waals surface area (Å²) in [4.78, 5) is 36.2. The fourth-order valence-corrected chi connectivity index (χ4v) is 4.78. The first-order chi connectivity index (χ1) is 16.0. The van der Waals surface area contributed by atoms with Crippen molar-refractivity contribution in [3.8, 4) is 11.1 Å². The predicted molar refractivity (Wildman–Crippen MR) is 119 cm³/mol. The van der Waals surface area contributed by atoms with Crippen LogP contribution in [0.3, 0.4) is 0 Å². The van der Waals surface area contributed by atoms with Crippen molar-refractivity contribution in [1.29, 1.82) is 0 Å². The molecule has 2 unspecified atom stereocenters. The number of aliphatic carboxylic acids is 1. The van der Waals surface area contributed by atoms with Crippen LogP contribution in [0.1, 0.15) is 42.7 Å². The lowest BCUT2D eigenvalue weighted by Gasteiger charge is -2.20. The first-order valence-corrected chi connectivity index (χ1v) is 11.3. The van der Waals surface area contributed by atoms with E-state index < -0.39 is 23.7 Å². The van der Waals surface area contributed by atoms with Gasteiger partial charge in [-0.3, -0.25) is 4.79 Å². The number of carboxylic acid groups (broad SMARTS) is 1. The summed E-state index contributed by atoms with van der Waals surface area (Å²) in [7, 11) is 0. The number of carbonyl (C=O) groups excluding carboxylic acids is 2. The molecule has 3 aliphatic rings. The number of hydrogen-bond acceptors (Lipinski definition) is 5. The van der Waals surface area contributed by atoms with Crippen LogP contribution >= 0.6 is 0 Å². The number of carbonyl (C=O) groups is 3. The van der Waals surface area contributed by atoms with Crippen molar-refractivity contribution in [3.63, 3.8) is 0 Å². The molecule has 1 saturated carbocycles. The largest absolute Gasteiger partial charge is 0.479 e. The Hall–Kier alpha value is -3.39. The molecule has 8 heteroatoms. The normalized spacial score (nSPS) is 22.2. The Morgan fingerprint density at radius 1 is 1.00 bits per heavy atom. The van der Waals surface area contributed by atoms with Crippen LogP contribution in [-0.4, -0.2) is 54.0 Å².